The van der Waals surface area contributed by atoms with Gasteiger partial charge in [-0.15, -0.1) is 11.8 Å². The highest BCUT2D eigenvalue weighted by atomic mass is 32.2. The minimum atomic E-state index is -1.02. The fourth-order valence-corrected chi connectivity index (χ4v) is 3.68. The average molecular weight is 354 g/mol. The first-order chi connectivity index (χ1) is 11.5. The number of ether oxygens (including phenoxy) is 3. The Bertz CT molecular complexity index is 626. The lowest BCUT2D eigenvalue weighted by atomic mass is 10.0. The number of allylic oxidation sites excluding steroid dienone is 2. The van der Waals surface area contributed by atoms with Gasteiger partial charge in [0.1, 0.15) is 5.04 Å². The summed E-state index contributed by atoms with van der Waals surface area (Å²) in [4.78, 5) is 28.6. The van der Waals surface area contributed by atoms with Gasteiger partial charge in [-0.3, -0.25) is 4.99 Å². The van der Waals surface area contributed by atoms with Crippen LogP contribution in [0.25, 0.3) is 0 Å². The molecule has 1 unspecified atom stereocenters. The number of thioether (sulfide) groups is 1. The van der Waals surface area contributed by atoms with Crippen molar-refractivity contribution < 1.29 is 23.8 Å². The topological polar surface area (TPSA) is 86.2 Å². The zero-order valence-corrected chi connectivity index (χ0v) is 15.1. The molecule has 2 rings (SSSR count). The van der Waals surface area contributed by atoms with E-state index >= 15 is 0 Å². The highest BCUT2D eigenvalue weighted by Crippen LogP contribution is 2.33. The van der Waals surface area contributed by atoms with Gasteiger partial charge in [-0.2, -0.15) is 0 Å². The second-order valence-electron chi connectivity index (χ2n) is 5.43. The molecule has 0 radical (unpaired) electrons. The van der Waals surface area contributed by atoms with Crippen LogP contribution in [0.1, 0.15) is 20.3 Å². The third kappa shape index (κ3) is 3.64. The number of nitrogens with one attached hydrogen (secondary N) is 1. The molecule has 0 spiro atoms. The summed E-state index contributed by atoms with van der Waals surface area (Å²) in [5.74, 6) is -0.273. The third-order valence-corrected chi connectivity index (χ3v) is 4.96. The van der Waals surface area contributed by atoms with Crippen LogP contribution in [0.3, 0.4) is 0 Å². The van der Waals surface area contributed by atoms with Crippen LogP contribution < -0.4 is 5.32 Å². The van der Waals surface area contributed by atoms with Crippen molar-refractivity contribution in [1.29, 1.82) is 0 Å². The first-order valence-corrected chi connectivity index (χ1v) is 8.60. The molecule has 0 fully saturated rings. The molecule has 0 aliphatic carbocycles. The Morgan fingerprint density at radius 3 is 2.75 bits per heavy atom. The predicted octanol–water partition coefficient (Wildman–Crippen LogP) is 1.40. The number of hydrogen-bond acceptors (Lipinski definition) is 8. The summed E-state index contributed by atoms with van der Waals surface area (Å²) < 4.78 is 15.1. The maximum atomic E-state index is 12.3. The molecule has 0 aromatic rings. The van der Waals surface area contributed by atoms with Crippen molar-refractivity contribution in [3.8, 4) is 0 Å². The van der Waals surface area contributed by atoms with Crippen molar-refractivity contribution in [2.24, 2.45) is 4.99 Å². The summed E-state index contributed by atoms with van der Waals surface area (Å²) in [6, 6.07) is 0. The normalized spacial score (nSPS) is 23.3. The van der Waals surface area contributed by atoms with Crippen LogP contribution in [-0.4, -0.2) is 55.7 Å². The molecule has 0 amide bonds. The van der Waals surface area contributed by atoms with E-state index in [1.165, 1.54) is 26.0 Å². The fraction of sp³-hybridized carbons (Fsp3) is 0.562. The molecule has 2 heterocycles. The maximum absolute atomic E-state index is 12.3. The second kappa shape index (κ2) is 7.85. The number of carbonyl (C=O) groups is 2. The molecule has 24 heavy (non-hydrogen) atoms. The first kappa shape index (κ1) is 18.5. The summed E-state index contributed by atoms with van der Waals surface area (Å²) >= 11 is 1.47. The second-order valence-corrected chi connectivity index (χ2v) is 6.40. The summed E-state index contributed by atoms with van der Waals surface area (Å²) in [6.45, 7) is 4.04. The molecule has 1 atom stereocenters. The van der Waals surface area contributed by atoms with Gasteiger partial charge < -0.3 is 19.5 Å². The van der Waals surface area contributed by atoms with Crippen LogP contribution in [-0.2, 0) is 23.8 Å². The molecule has 0 saturated carbocycles. The quantitative estimate of drug-likeness (QED) is 0.722. The Labute approximate surface area is 145 Å². The number of esters is 2. The molecule has 2 aliphatic heterocycles. The average Bonchev–Trinajstić information content (AvgIpc) is 3.00. The minimum absolute atomic E-state index is 0.165. The molecule has 0 aromatic heterocycles. The lowest BCUT2D eigenvalue weighted by Crippen LogP contribution is -2.43. The van der Waals surface area contributed by atoms with E-state index < -0.39 is 5.54 Å². The summed E-state index contributed by atoms with van der Waals surface area (Å²) in [6.07, 6.45) is 2.33. The number of aliphatic imine (C=N–C) groups is 1. The highest BCUT2D eigenvalue weighted by Gasteiger charge is 2.45. The van der Waals surface area contributed by atoms with Crippen molar-refractivity contribution in [2.75, 3.05) is 33.2 Å². The number of hydrogen-bond donors (Lipinski definition) is 1. The molecule has 132 valence electrons. The minimum Gasteiger partial charge on any atom is -0.466 e. The van der Waals surface area contributed by atoms with Crippen molar-refractivity contribution in [2.45, 2.75) is 25.8 Å². The summed E-state index contributed by atoms with van der Waals surface area (Å²) in [5, 5.41) is 3.88. The zero-order valence-electron chi connectivity index (χ0n) is 14.3. The van der Waals surface area contributed by atoms with Gasteiger partial charge >= 0.3 is 11.9 Å². The van der Waals surface area contributed by atoms with Crippen molar-refractivity contribution in [1.82, 2.24) is 5.32 Å². The summed E-state index contributed by atoms with van der Waals surface area (Å²) in [5.41, 5.74) is 1.07. The van der Waals surface area contributed by atoms with Gasteiger partial charge in [0, 0.05) is 25.0 Å². The molecule has 0 aromatic carbocycles. The van der Waals surface area contributed by atoms with Crippen molar-refractivity contribution >= 4 is 28.7 Å². The molecule has 2 aliphatic rings. The number of nitrogens with zero attached hydrogens (tertiary/aromatic N) is 1. The Kier molecular flexibility index (Phi) is 6.06. The maximum Gasteiger partial charge on any atom is 0.337 e. The molecule has 1 N–H and O–H groups in total. The van der Waals surface area contributed by atoms with E-state index in [9.17, 15) is 9.59 Å². The SMILES string of the molecule is CCOC(=O)C1(COC)CSC(C2=CCC(C(=O)OC)=C(C)N2)=N1. The van der Waals surface area contributed by atoms with Crippen molar-refractivity contribution in [3.63, 3.8) is 0 Å². The van der Waals surface area contributed by atoms with Crippen LogP contribution in [0.4, 0.5) is 0 Å². The van der Waals surface area contributed by atoms with Crippen molar-refractivity contribution in [3.05, 3.63) is 23.0 Å². The van der Waals surface area contributed by atoms with Crippen LogP contribution in [0, 0.1) is 0 Å². The molecule has 0 saturated heterocycles. The predicted molar refractivity (Wildman–Crippen MR) is 91.7 cm³/mol. The largest absolute Gasteiger partial charge is 0.466 e. The Morgan fingerprint density at radius 2 is 2.17 bits per heavy atom. The number of methoxy groups -OCH3 is 2. The molecular weight excluding hydrogens is 332 g/mol. The van der Waals surface area contributed by atoms with E-state index in [0.717, 1.165) is 11.4 Å². The molecule has 8 heteroatoms. The van der Waals surface area contributed by atoms with E-state index in [0.29, 0.717) is 29.4 Å². The van der Waals surface area contributed by atoms with E-state index in [4.69, 9.17) is 14.2 Å². The summed E-state index contributed by atoms with van der Waals surface area (Å²) in [7, 11) is 2.89. The smallest absolute Gasteiger partial charge is 0.337 e. The van der Waals surface area contributed by atoms with Gasteiger partial charge in [-0.1, -0.05) is 6.08 Å². The first-order valence-electron chi connectivity index (χ1n) is 7.62. The van der Waals surface area contributed by atoms with Gasteiger partial charge in [0.15, 0.2) is 5.54 Å². The van der Waals surface area contributed by atoms with Crippen LogP contribution >= 0.6 is 11.8 Å². The van der Waals surface area contributed by atoms with E-state index in [1.807, 2.05) is 13.0 Å². The van der Waals surface area contributed by atoms with Crippen LogP contribution in [0.15, 0.2) is 28.0 Å². The number of carbonyl (C=O) groups excluding carboxylic acids is 2. The lowest BCUT2D eigenvalue weighted by molar-refractivity contribution is -0.150. The highest BCUT2D eigenvalue weighted by molar-refractivity contribution is 8.14. The fourth-order valence-electron chi connectivity index (χ4n) is 2.51. The molecule has 7 nitrogen and oxygen atoms in total. The van der Waals surface area contributed by atoms with Crippen LogP contribution in [0.5, 0.6) is 0 Å². The Morgan fingerprint density at radius 1 is 1.42 bits per heavy atom. The molecule has 0 bridgehead atoms. The van der Waals surface area contributed by atoms with Gasteiger partial charge in [-0.25, -0.2) is 9.59 Å². The number of rotatable bonds is 6. The van der Waals surface area contributed by atoms with Crippen LogP contribution in [0.2, 0.25) is 0 Å². The van der Waals surface area contributed by atoms with Gasteiger partial charge in [0.25, 0.3) is 0 Å². The Balaban J connectivity index is 2.20. The number of dihydropyridines is 1. The standard InChI is InChI=1S/C16H22N2O5S/c1-5-23-15(20)16(8-21-3)9-24-13(18-16)12-7-6-11(10(2)17-12)14(19)22-4/h7,17H,5-6,8-9H2,1-4H3. The van der Waals surface area contributed by atoms with Gasteiger partial charge in [0.2, 0.25) is 0 Å². The lowest BCUT2D eigenvalue weighted by Gasteiger charge is -2.22. The monoisotopic (exact) mass is 354 g/mol. The van der Waals surface area contributed by atoms with E-state index in [1.54, 1.807) is 6.92 Å². The van der Waals surface area contributed by atoms with Gasteiger partial charge in [-0.05, 0) is 13.8 Å². The van der Waals surface area contributed by atoms with E-state index in [2.05, 4.69) is 10.3 Å². The Hall–Kier alpha value is -1.80. The zero-order chi connectivity index (χ0) is 17.7. The van der Waals surface area contributed by atoms with Gasteiger partial charge in [0.05, 0.1) is 31.6 Å². The van der Waals surface area contributed by atoms with E-state index in [-0.39, 0.29) is 18.5 Å². The molecular formula is C16H22N2O5S. The third-order valence-electron chi connectivity index (χ3n) is 3.75.